The fourth-order valence-electron chi connectivity index (χ4n) is 3.83. The van der Waals surface area contributed by atoms with Crippen molar-refractivity contribution in [2.75, 3.05) is 39.0 Å². The second kappa shape index (κ2) is 6.13. The first-order valence-electron chi connectivity index (χ1n) is 8.25. The minimum absolute atomic E-state index is 0.0181. The van der Waals surface area contributed by atoms with Crippen LogP contribution in [-0.2, 0) is 10.0 Å². The number of sulfonamides is 1. The van der Waals surface area contributed by atoms with Crippen LogP contribution in [0.15, 0.2) is 30.3 Å². The highest BCUT2D eigenvalue weighted by atomic mass is 32.2. The van der Waals surface area contributed by atoms with Gasteiger partial charge in [0.2, 0.25) is 10.0 Å². The van der Waals surface area contributed by atoms with E-state index in [0.717, 1.165) is 6.54 Å². The molecule has 2 saturated heterocycles. The second-order valence-corrected chi connectivity index (χ2v) is 9.31. The third kappa shape index (κ3) is 3.34. The number of nitrogens with zero attached hydrogens (tertiary/aromatic N) is 3. The molecule has 2 fully saturated rings. The molecule has 0 aromatic heterocycles. The van der Waals surface area contributed by atoms with Crippen molar-refractivity contribution >= 4 is 15.9 Å². The molecule has 2 aliphatic heterocycles. The van der Waals surface area contributed by atoms with Gasteiger partial charge in [-0.1, -0.05) is 18.2 Å². The molecule has 0 spiro atoms. The fourth-order valence-corrected chi connectivity index (χ4v) is 4.82. The zero-order valence-corrected chi connectivity index (χ0v) is 15.3. The minimum Gasteiger partial charge on any atom is -0.336 e. The predicted molar refractivity (Wildman–Crippen MR) is 93.3 cm³/mol. The summed E-state index contributed by atoms with van der Waals surface area (Å²) in [4.78, 5) is 16.9. The van der Waals surface area contributed by atoms with Gasteiger partial charge in [0.05, 0.1) is 6.26 Å². The maximum absolute atomic E-state index is 12.7. The van der Waals surface area contributed by atoms with E-state index < -0.39 is 10.0 Å². The summed E-state index contributed by atoms with van der Waals surface area (Å²) in [6.07, 6.45) is 1.26. The van der Waals surface area contributed by atoms with E-state index in [1.54, 1.807) is 4.31 Å². The molecule has 7 heteroatoms. The van der Waals surface area contributed by atoms with Crippen molar-refractivity contribution in [2.45, 2.75) is 25.4 Å². The smallest absolute Gasteiger partial charge is 0.253 e. The molecule has 1 aromatic carbocycles. The lowest BCUT2D eigenvalue weighted by Crippen LogP contribution is -2.70. The Kier molecular flexibility index (Phi) is 4.44. The maximum Gasteiger partial charge on any atom is 0.253 e. The molecular weight excluding hydrogens is 326 g/mol. The molecule has 0 aliphatic carbocycles. The highest BCUT2D eigenvalue weighted by Gasteiger charge is 2.45. The Morgan fingerprint density at radius 1 is 1.12 bits per heavy atom. The quantitative estimate of drug-likeness (QED) is 0.793. The predicted octanol–water partition coefficient (Wildman–Crippen LogP) is 0.867. The molecule has 1 aromatic rings. The molecule has 3 rings (SSSR count). The molecule has 0 radical (unpaired) electrons. The Morgan fingerprint density at radius 3 is 2.42 bits per heavy atom. The molecule has 0 bridgehead atoms. The number of carbonyl (C=O) groups is 1. The SMILES string of the molecule is CC1(C)CN(S(C)(=O)=O)C[C@@H]2CN(C(=O)c3ccccc3)CCN21. The van der Waals surface area contributed by atoms with E-state index >= 15 is 0 Å². The van der Waals surface area contributed by atoms with Crippen molar-refractivity contribution in [3.05, 3.63) is 35.9 Å². The number of carbonyl (C=O) groups excluding carboxylic acids is 1. The first kappa shape index (κ1) is 17.4. The number of hydrogen-bond donors (Lipinski definition) is 0. The van der Waals surface area contributed by atoms with E-state index in [9.17, 15) is 13.2 Å². The summed E-state index contributed by atoms with van der Waals surface area (Å²) >= 11 is 0. The van der Waals surface area contributed by atoms with Crippen molar-refractivity contribution < 1.29 is 13.2 Å². The lowest BCUT2D eigenvalue weighted by atomic mass is 9.94. The highest BCUT2D eigenvalue weighted by molar-refractivity contribution is 7.88. The molecule has 2 aliphatic rings. The lowest BCUT2D eigenvalue weighted by molar-refractivity contribution is -0.0372. The fraction of sp³-hybridized carbons (Fsp3) is 0.588. The zero-order valence-electron chi connectivity index (χ0n) is 14.5. The molecular formula is C17H25N3O3S. The standard InChI is InChI=1S/C17H25N3O3S/c1-17(2)13-19(24(3,22)23)12-15-11-18(9-10-20(15)17)16(21)14-7-5-4-6-8-14/h4-8,15H,9-13H2,1-3H3/t15-/m0/s1. The topological polar surface area (TPSA) is 60.9 Å². The monoisotopic (exact) mass is 351 g/mol. The van der Waals surface area contributed by atoms with Crippen molar-refractivity contribution in [1.82, 2.24) is 14.1 Å². The summed E-state index contributed by atoms with van der Waals surface area (Å²) in [6.45, 7) is 7.09. The summed E-state index contributed by atoms with van der Waals surface area (Å²) < 4.78 is 25.6. The Hall–Kier alpha value is -1.44. The van der Waals surface area contributed by atoms with Crippen LogP contribution in [-0.4, -0.2) is 79.0 Å². The number of rotatable bonds is 2. The summed E-state index contributed by atoms with van der Waals surface area (Å²) in [5.41, 5.74) is 0.453. The van der Waals surface area contributed by atoms with E-state index in [0.29, 0.717) is 31.7 Å². The highest BCUT2D eigenvalue weighted by Crippen LogP contribution is 2.29. The number of piperazine rings is 2. The molecule has 1 atom stereocenters. The molecule has 132 valence electrons. The lowest BCUT2D eigenvalue weighted by Gasteiger charge is -2.54. The number of benzene rings is 1. The molecule has 6 nitrogen and oxygen atoms in total. The normalized spacial score (nSPS) is 25.3. The Balaban J connectivity index is 1.79. The van der Waals surface area contributed by atoms with Crippen LogP contribution in [0.2, 0.25) is 0 Å². The Labute approximate surface area is 144 Å². The molecule has 1 amide bonds. The van der Waals surface area contributed by atoms with E-state index in [-0.39, 0.29) is 17.5 Å². The van der Waals surface area contributed by atoms with Gasteiger partial charge in [-0.15, -0.1) is 0 Å². The van der Waals surface area contributed by atoms with Gasteiger partial charge in [0, 0.05) is 49.9 Å². The van der Waals surface area contributed by atoms with Gasteiger partial charge >= 0.3 is 0 Å². The number of fused-ring (bicyclic) bond motifs is 1. The number of hydrogen-bond acceptors (Lipinski definition) is 4. The average Bonchev–Trinajstić information content (AvgIpc) is 2.53. The largest absolute Gasteiger partial charge is 0.336 e. The van der Waals surface area contributed by atoms with Crippen LogP contribution in [0.4, 0.5) is 0 Å². The third-order valence-corrected chi connectivity index (χ3v) is 6.23. The van der Waals surface area contributed by atoms with Crippen molar-refractivity contribution in [3.8, 4) is 0 Å². The van der Waals surface area contributed by atoms with Crippen LogP contribution in [0.3, 0.4) is 0 Å². The van der Waals surface area contributed by atoms with Crippen molar-refractivity contribution in [1.29, 1.82) is 0 Å². The van der Waals surface area contributed by atoms with Gasteiger partial charge in [-0.25, -0.2) is 8.42 Å². The zero-order chi connectivity index (χ0) is 17.5. The summed E-state index contributed by atoms with van der Waals surface area (Å²) in [5, 5.41) is 0. The van der Waals surface area contributed by atoms with Crippen LogP contribution in [0, 0.1) is 0 Å². The van der Waals surface area contributed by atoms with Crippen LogP contribution in [0.25, 0.3) is 0 Å². The van der Waals surface area contributed by atoms with Gasteiger partial charge in [0.1, 0.15) is 0 Å². The van der Waals surface area contributed by atoms with E-state index in [1.807, 2.05) is 35.2 Å². The van der Waals surface area contributed by atoms with Crippen LogP contribution >= 0.6 is 0 Å². The van der Waals surface area contributed by atoms with Crippen LogP contribution in [0.1, 0.15) is 24.2 Å². The summed E-state index contributed by atoms with van der Waals surface area (Å²) in [6, 6.07) is 9.29. The number of amides is 1. The molecule has 0 saturated carbocycles. The first-order chi connectivity index (χ1) is 11.2. The first-order valence-corrected chi connectivity index (χ1v) is 10.1. The van der Waals surface area contributed by atoms with Gasteiger partial charge in [0.15, 0.2) is 0 Å². The molecule has 24 heavy (non-hydrogen) atoms. The second-order valence-electron chi connectivity index (χ2n) is 7.33. The Bertz CT molecular complexity index is 718. The Morgan fingerprint density at radius 2 is 1.79 bits per heavy atom. The van der Waals surface area contributed by atoms with E-state index in [2.05, 4.69) is 18.7 Å². The van der Waals surface area contributed by atoms with Crippen LogP contribution in [0.5, 0.6) is 0 Å². The summed E-state index contributed by atoms with van der Waals surface area (Å²) in [5.74, 6) is 0.0181. The minimum atomic E-state index is -3.23. The average molecular weight is 351 g/mol. The van der Waals surface area contributed by atoms with E-state index in [4.69, 9.17) is 0 Å². The molecule has 0 N–H and O–H groups in total. The van der Waals surface area contributed by atoms with Crippen molar-refractivity contribution in [3.63, 3.8) is 0 Å². The molecule has 0 unspecified atom stereocenters. The summed E-state index contributed by atoms with van der Waals surface area (Å²) in [7, 11) is -3.23. The van der Waals surface area contributed by atoms with Gasteiger partial charge in [-0.05, 0) is 26.0 Å². The van der Waals surface area contributed by atoms with Crippen molar-refractivity contribution in [2.24, 2.45) is 0 Å². The van der Waals surface area contributed by atoms with Gasteiger partial charge < -0.3 is 4.90 Å². The van der Waals surface area contributed by atoms with Gasteiger partial charge in [-0.3, -0.25) is 9.69 Å². The van der Waals surface area contributed by atoms with Crippen LogP contribution < -0.4 is 0 Å². The van der Waals surface area contributed by atoms with Gasteiger partial charge in [-0.2, -0.15) is 4.31 Å². The molecule has 2 heterocycles. The van der Waals surface area contributed by atoms with Gasteiger partial charge in [0.25, 0.3) is 5.91 Å². The third-order valence-electron chi connectivity index (χ3n) is 5.01. The van der Waals surface area contributed by atoms with E-state index in [1.165, 1.54) is 6.26 Å². The maximum atomic E-state index is 12.7.